The first-order valence-electron chi connectivity index (χ1n) is 17.1. The largest absolute Gasteiger partial charge is 0.473 e. The number of fused-ring (bicyclic) bond motifs is 1. The van der Waals surface area contributed by atoms with Gasteiger partial charge in [-0.2, -0.15) is 5.10 Å². The predicted molar refractivity (Wildman–Crippen MR) is 181 cm³/mol. The van der Waals surface area contributed by atoms with Gasteiger partial charge in [-0.1, -0.05) is 29.8 Å². The van der Waals surface area contributed by atoms with E-state index >= 15 is 0 Å². The van der Waals surface area contributed by atoms with Crippen LogP contribution in [0.1, 0.15) is 67.8 Å². The molecule has 250 valence electrons. The van der Waals surface area contributed by atoms with E-state index in [0.717, 1.165) is 112 Å². The molecule has 6 heterocycles. The van der Waals surface area contributed by atoms with Gasteiger partial charge < -0.3 is 18.8 Å². The van der Waals surface area contributed by atoms with Gasteiger partial charge in [0.2, 0.25) is 5.88 Å². The topological polar surface area (TPSA) is 79.5 Å². The number of likely N-dealkylation sites (tertiary alicyclic amines) is 1. The maximum Gasteiger partial charge on any atom is 0.213 e. The lowest BCUT2D eigenvalue weighted by molar-refractivity contribution is -0.0592. The molecule has 0 N–H and O–H groups in total. The van der Waals surface area contributed by atoms with Crippen molar-refractivity contribution in [2.75, 3.05) is 26.3 Å². The first-order valence-corrected chi connectivity index (χ1v) is 17.5. The van der Waals surface area contributed by atoms with Gasteiger partial charge in [-0.3, -0.25) is 4.90 Å². The van der Waals surface area contributed by atoms with Gasteiger partial charge in [0, 0.05) is 53.2 Å². The molecule has 2 aromatic carbocycles. The SMILES string of the molecule is Fc1cc(Cl)ccc1COc1cccc(C2CCN(Cc3nc4cc(-c5ccnn5C5CCCCO5)ccc4n3C[C@@H]3CCO3)CC2)n1. The van der Waals surface area contributed by atoms with Gasteiger partial charge in [0.1, 0.15) is 18.2 Å². The number of nitrogens with zero attached hydrogens (tertiary/aromatic N) is 6. The molecule has 48 heavy (non-hydrogen) atoms. The fourth-order valence-corrected chi connectivity index (χ4v) is 7.26. The normalized spacial score (nSPS) is 20.6. The van der Waals surface area contributed by atoms with Crippen molar-refractivity contribution in [3.05, 3.63) is 94.8 Å². The zero-order valence-corrected chi connectivity index (χ0v) is 27.7. The molecule has 3 saturated heterocycles. The van der Waals surface area contributed by atoms with Crippen LogP contribution in [0.5, 0.6) is 5.88 Å². The second-order valence-electron chi connectivity index (χ2n) is 13.1. The number of piperidine rings is 1. The number of hydrogen-bond donors (Lipinski definition) is 0. The summed E-state index contributed by atoms with van der Waals surface area (Å²) in [5, 5.41) is 5.00. The van der Waals surface area contributed by atoms with E-state index in [2.05, 4.69) is 44.9 Å². The Morgan fingerprint density at radius 3 is 2.60 bits per heavy atom. The smallest absolute Gasteiger partial charge is 0.213 e. The van der Waals surface area contributed by atoms with Crippen LogP contribution in [0.15, 0.2) is 66.9 Å². The van der Waals surface area contributed by atoms with Crippen molar-refractivity contribution in [3.8, 4) is 17.1 Å². The summed E-state index contributed by atoms with van der Waals surface area (Å²) in [4.78, 5) is 12.5. The summed E-state index contributed by atoms with van der Waals surface area (Å²) in [5.41, 5.74) is 5.76. The molecule has 3 aliphatic rings. The Kier molecular flexibility index (Phi) is 9.14. The maximum absolute atomic E-state index is 14.2. The summed E-state index contributed by atoms with van der Waals surface area (Å²) in [6.45, 7) is 5.19. The maximum atomic E-state index is 14.2. The number of rotatable bonds is 10. The summed E-state index contributed by atoms with van der Waals surface area (Å²) >= 11 is 5.89. The highest BCUT2D eigenvalue weighted by molar-refractivity contribution is 6.30. The predicted octanol–water partition coefficient (Wildman–Crippen LogP) is 7.53. The molecular formula is C37H40ClFN6O3. The van der Waals surface area contributed by atoms with Crippen molar-refractivity contribution in [2.24, 2.45) is 0 Å². The number of pyridine rings is 1. The van der Waals surface area contributed by atoms with E-state index in [1.807, 2.05) is 23.0 Å². The number of imidazole rings is 1. The molecule has 8 rings (SSSR count). The van der Waals surface area contributed by atoms with Gasteiger partial charge in [0.15, 0.2) is 6.23 Å². The van der Waals surface area contributed by atoms with Gasteiger partial charge >= 0.3 is 0 Å². The van der Waals surface area contributed by atoms with E-state index < -0.39 is 0 Å². The summed E-state index contributed by atoms with van der Waals surface area (Å²) in [6.07, 6.45) is 8.38. The molecule has 0 bridgehead atoms. The molecule has 9 nitrogen and oxygen atoms in total. The van der Waals surface area contributed by atoms with Crippen molar-refractivity contribution < 1.29 is 18.6 Å². The van der Waals surface area contributed by atoms with Crippen molar-refractivity contribution in [2.45, 2.75) is 76.5 Å². The second-order valence-corrected chi connectivity index (χ2v) is 13.5. The van der Waals surface area contributed by atoms with E-state index in [1.54, 1.807) is 12.1 Å². The summed E-state index contributed by atoms with van der Waals surface area (Å²) in [5.74, 6) is 1.53. The Morgan fingerprint density at radius 2 is 1.81 bits per heavy atom. The fraction of sp³-hybridized carbons (Fsp3) is 0.432. The molecule has 0 saturated carbocycles. The average molecular weight is 671 g/mol. The van der Waals surface area contributed by atoms with Gasteiger partial charge in [0.05, 0.1) is 35.9 Å². The molecule has 3 aromatic heterocycles. The fourth-order valence-electron chi connectivity index (χ4n) is 7.10. The molecule has 1 unspecified atom stereocenters. The van der Waals surface area contributed by atoms with Crippen molar-refractivity contribution in [1.29, 1.82) is 0 Å². The lowest BCUT2D eigenvalue weighted by Gasteiger charge is -2.32. The Morgan fingerprint density at radius 1 is 0.917 bits per heavy atom. The third kappa shape index (κ3) is 6.72. The Bertz CT molecular complexity index is 1880. The first kappa shape index (κ1) is 31.4. The molecule has 3 fully saturated rings. The molecule has 0 amide bonds. The third-order valence-corrected chi connectivity index (χ3v) is 10.1. The zero-order valence-electron chi connectivity index (χ0n) is 26.9. The molecule has 2 atom stereocenters. The minimum Gasteiger partial charge on any atom is -0.473 e. The second kappa shape index (κ2) is 14.0. The van der Waals surface area contributed by atoms with Gasteiger partial charge in [-0.05, 0) is 88.0 Å². The molecular weight excluding hydrogens is 631 g/mol. The molecule has 11 heteroatoms. The van der Waals surface area contributed by atoms with Crippen molar-refractivity contribution in [3.63, 3.8) is 0 Å². The van der Waals surface area contributed by atoms with Crippen molar-refractivity contribution >= 4 is 22.6 Å². The number of aromatic nitrogens is 5. The highest BCUT2D eigenvalue weighted by Gasteiger charge is 2.27. The Balaban J connectivity index is 0.956. The summed E-state index contributed by atoms with van der Waals surface area (Å²) in [6, 6.07) is 19.1. The summed E-state index contributed by atoms with van der Waals surface area (Å²) < 4.78 is 36.4. The van der Waals surface area contributed by atoms with Crippen LogP contribution in [0.2, 0.25) is 5.02 Å². The zero-order chi connectivity index (χ0) is 32.5. The molecule has 0 aliphatic carbocycles. The van der Waals surface area contributed by atoms with Gasteiger partial charge in [-0.25, -0.2) is 19.0 Å². The van der Waals surface area contributed by atoms with E-state index in [1.165, 1.54) is 6.07 Å². The number of benzene rings is 2. The molecule has 5 aromatic rings. The standard InChI is InChI=1S/C37H40ClFN6O3/c38-28-9-7-27(30(39)21-28)24-48-36-5-3-4-31(42-36)25-12-16-43(17-13-25)23-35-41-32-20-26(8-10-34(32)44(35)22-29-14-19-46-29)33-11-15-40-45(33)37-6-1-2-18-47-37/h3-5,7-11,15,20-21,25,29,37H,1-2,6,12-14,16-19,22-24H2/t29-,37?/m0/s1. The minimum absolute atomic E-state index is 0.0182. The van der Waals surface area contributed by atoms with E-state index in [0.29, 0.717) is 22.4 Å². The lowest BCUT2D eigenvalue weighted by atomic mass is 9.93. The van der Waals surface area contributed by atoms with Crippen LogP contribution in [0.4, 0.5) is 4.39 Å². The Labute approximate surface area is 284 Å². The van der Waals surface area contributed by atoms with E-state index in [9.17, 15) is 4.39 Å². The van der Waals surface area contributed by atoms with E-state index in [-0.39, 0.29) is 24.8 Å². The quantitative estimate of drug-likeness (QED) is 0.152. The number of halogens is 2. The van der Waals surface area contributed by atoms with E-state index in [4.69, 9.17) is 35.8 Å². The van der Waals surface area contributed by atoms with Crippen molar-refractivity contribution in [1.82, 2.24) is 29.2 Å². The van der Waals surface area contributed by atoms with Crippen LogP contribution in [-0.4, -0.2) is 61.6 Å². The average Bonchev–Trinajstić information content (AvgIpc) is 3.71. The van der Waals surface area contributed by atoms with Crippen LogP contribution in [0, 0.1) is 5.82 Å². The van der Waals surface area contributed by atoms with Crippen LogP contribution >= 0.6 is 11.6 Å². The van der Waals surface area contributed by atoms with Crippen LogP contribution < -0.4 is 4.74 Å². The molecule has 3 aliphatic heterocycles. The van der Waals surface area contributed by atoms with Crippen LogP contribution in [0.25, 0.3) is 22.3 Å². The molecule has 0 radical (unpaired) electrons. The van der Waals surface area contributed by atoms with Gasteiger partial charge in [0.25, 0.3) is 0 Å². The number of hydrogen-bond acceptors (Lipinski definition) is 7. The third-order valence-electron chi connectivity index (χ3n) is 9.91. The van der Waals surface area contributed by atoms with Crippen LogP contribution in [0.3, 0.4) is 0 Å². The summed E-state index contributed by atoms with van der Waals surface area (Å²) in [7, 11) is 0. The highest BCUT2D eigenvalue weighted by atomic mass is 35.5. The Hall–Kier alpha value is -3.83. The van der Waals surface area contributed by atoms with Gasteiger partial charge in [-0.15, -0.1) is 0 Å². The monoisotopic (exact) mass is 670 g/mol. The molecule has 0 spiro atoms. The lowest BCUT2D eigenvalue weighted by Crippen LogP contribution is -2.35. The minimum atomic E-state index is -0.377. The van der Waals surface area contributed by atoms with Crippen LogP contribution in [-0.2, 0) is 29.2 Å². The first-order chi connectivity index (χ1) is 23.6. The highest BCUT2D eigenvalue weighted by Crippen LogP contribution is 2.33. The number of ether oxygens (including phenoxy) is 3.